The molecule has 0 spiro atoms. The van der Waals surface area contributed by atoms with Gasteiger partial charge in [0.05, 0.1) is 6.33 Å². The third-order valence-electron chi connectivity index (χ3n) is 5.24. The summed E-state index contributed by atoms with van der Waals surface area (Å²) < 4.78 is 23.4. The fourth-order valence-electron chi connectivity index (χ4n) is 3.82. The number of imidazole rings is 1. The van der Waals surface area contributed by atoms with Crippen molar-refractivity contribution in [2.24, 2.45) is 0 Å². The Kier molecular flexibility index (Phi) is 7.20. The van der Waals surface area contributed by atoms with E-state index < -0.39 is 48.4 Å². The molecule has 3 heterocycles. The molecule has 0 radical (unpaired) electrons. The molecule has 1 fully saturated rings. The summed E-state index contributed by atoms with van der Waals surface area (Å²) in [7, 11) is 0. The molecule has 4 atom stereocenters. The maximum atomic E-state index is 12.6. The van der Waals surface area contributed by atoms with Gasteiger partial charge in [0.1, 0.15) is 19.0 Å². The highest BCUT2D eigenvalue weighted by molar-refractivity contribution is 6.06. The van der Waals surface area contributed by atoms with Crippen LogP contribution in [0.1, 0.15) is 37.4 Å². The molecule has 1 aliphatic heterocycles. The molecule has 0 saturated carbocycles. The molecule has 0 aliphatic carbocycles. The predicted octanol–water partition coefficient (Wildman–Crippen LogP) is 1.40. The largest absolute Gasteiger partial charge is 0.463 e. The summed E-state index contributed by atoms with van der Waals surface area (Å²) in [5, 5.41) is 2.71. The minimum absolute atomic E-state index is 0.155. The van der Waals surface area contributed by atoms with Gasteiger partial charge >= 0.3 is 17.9 Å². The van der Waals surface area contributed by atoms with E-state index in [-0.39, 0.29) is 23.6 Å². The summed E-state index contributed by atoms with van der Waals surface area (Å²) >= 11 is 0. The van der Waals surface area contributed by atoms with E-state index in [9.17, 15) is 19.2 Å². The van der Waals surface area contributed by atoms with E-state index in [4.69, 9.17) is 18.9 Å². The molecule has 3 aromatic rings. The van der Waals surface area contributed by atoms with Crippen LogP contribution in [0, 0.1) is 0 Å². The molecule has 188 valence electrons. The highest BCUT2D eigenvalue weighted by atomic mass is 16.7. The first kappa shape index (κ1) is 24.7. The Labute approximate surface area is 204 Å². The van der Waals surface area contributed by atoms with Crippen molar-refractivity contribution in [3.05, 3.63) is 48.5 Å². The quantitative estimate of drug-likeness (QED) is 0.371. The SMILES string of the molecule is CC(=O)OC[C@H]1O[C@@H](n2cnc3c(NC(=O)c4ccccc4)ncnc32)[C@@H](OC(C)=O)[C@@H]1OC(C)=O. The minimum Gasteiger partial charge on any atom is -0.463 e. The molecular weight excluding hydrogens is 474 g/mol. The summed E-state index contributed by atoms with van der Waals surface area (Å²) in [6, 6.07) is 8.57. The summed E-state index contributed by atoms with van der Waals surface area (Å²) in [5.41, 5.74) is 0.930. The second-order valence-electron chi connectivity index (χ2n) is 7.88. The first-order valence-corrected chi connectivity index (χ1v) is 10.9. The molecule has 1 aromatic carbocycles. The highest BCUT2D eigenvalue weighted by Crippen LogP contribution is 2.36. The van der Waals surface area contributed by atoms with Gasteiger partial charge in [0.25, 0.3) is 5.91 Å². The number of hydrogen-bond acceptors (Lipinski definition) is 11. The summed E-state index contributed by atoms with van der Waals surface area (Å²) in [6.45, 7) is 3.37. The number of esters is 3. The van der Waals surface area contributed by atoms with E-state index >= 15 is 0 Å². The van der Waals surface area contributed by atoms with Gasteiger partial charge in [0.15, 0.2) is 35.4 Å². The number of hydrogen-bond donors (Lipinski definition) is 1. The lowest BCUT2D eigenvalue weighted by Gasteiger charge is -2.23. The summed E-state index contributed by atoms with van der Waals surface area (Å²) in [6.07, 6.45) is -1.57. The Bertz CT molecular complexity index is 1290. The second-order valence-corrected chi connectivity index (χ2v) is 7.88. The lowest BCUT2D eigenvalue weighted by molar-refractivity contribution is -0.166. The number of benzene rings is 1. The lowest BCUT2D eigenvalue weighted by Crippen LogP contribution is -2.40. The number of aromatic nitrogens is 4. The van der Waals surface area contributed by atoms with Gasteiger partial charge < -0.3 is 24.3 Å². The van der Waals surface area contributed by atoms with Gasteiger partial charge in [-0.25, -0.2) is 15.0 Å². The van der Waals surface area contributed by atoms with Crippen molar-refractivity contribution in [3.8, 4) is 0 Å². The zero-order valence-electron chi connectivity index (χ0n) is 19.6. The van der Waals surface area contributed by atoms with Crippen LogP contribution in [0.2, 0.25) is 0 Å². The zero-order chi connectivity index (χ0) is 25.8. The number of amides is 1. The lowest BCUT2D eigenvalue weighted by atomic mass is 10.1. The first-order chi connectivity index (χ1) is 17.2. The number of ether oxygens (including phenoxy) is 4. The summed E-state index contributed by atoms with van der Waals surface area (Å²) in [5.74, 6) is -2.09. The van der Waals surface area contributed by atoms with Gasteiger partial charge in [-0.3, -0.25) is 23.7 Å². The number of nitrogens with one attached hydrogen (secondary N) is 1. The Balaban J connectivity index is 1.68. The van der Waals surface area contributed by atoms with Gasteiger partial charge in [0.2, 0.25) is 0 Å². The summed E-state index contributed by atoms with van der Waals surface area (Å²) in [4.78, 5) is 60.4. The number of carbonyl (C=O) groups is 4. The normalized spacial score (nSPS) is 21.1. The van der Waals surface area contributed by atoms with E-state index in [1.54, 1.807) is 30.3 Å². The number of nitrogens with zero attached hydrogens (tertiary/aromatic N) is 4. The van der Waals surface area contributed by atoms with Crippen LogP contribution in [0.3, 0.4) is 0 Å². The van der Waals surface area contributed by atoms with Crippen molar-refractivity contribution in [3.63, 3.8) is 0 Å². The molecule has 4 rings (SSSR count). The molecule has 2 aromatic heterocycles. The second kappa shape index (κ2) is 10.5. The molecule has 1 aliphatic rings. The third-order valence-corrected chi connectivity index (χ3v) is 5.24. The van der Waals surface area contributed by atoms with Crippen molar-refractivity contribution in [1.29, 1.82) is 0 Å². The number of carbonyl (C=O) groups excluding carboxylic acids is 4. The molecule has 1 amide bonds. The Morgan fingerprint density at radius 3 is 2.31 bits per heavy atom. The van der Waals surface area contributed by atoms with Crippen LogP contribution in [-0.2, 0) is 33.3 Å². The Morgan fingerprint density at radius 2 is 1.64 bits per heavy atom. The van der Waals surface area contributed by atoms with Crippen LogP contribution in [0.4, 0.5) is 5.82 Å². The highest BCUT2D eigenvalue weighted by Gasteiger charge is 2.51. The van der Waals surface area contributed by atoms with Gasteiger partial charge in [-0.05, 0) is 12.1 Å². The molecule has 0 bridgehead atoms. The molecule has 1 N–H and O–H groups in total. The van der Waals surface area contributed by atoms with E-state index in [2.05, 4.69) is 20.3 Å². The van der Waals surface area contributed by atoms with Crippen molar-refractivity contribution < 1.29 is 38.1 Å². The van der Waals surface area contributed by atoms with Gasteiger partial charge in [0, 0.05) is 26.3 Å². The van der Waals surface area contributed by atoms with Crippen LogP contribution < -0.4 is 5.32 Å². The standard InChI is InChI=1S/C23H23N5O8/c1-12(29)33-9-16-18(34-13(2)30)19(35-14(3)31)23(36-16)28-11-26-17-20(24-10-25-21(17)28)27-22(32)15-7-5-4-6-8-15/h4-8,10-11,16,18-19,23H,9H2,1-3H3,(H,24,25,27,32)/t16-,18-,19+,23-/m1/s1. The van der Waals surface area contributed by atoms with Crippen LogP contribution in [0.15, 0.2) is 43.0 Å². The maximum absolute atomic E-state index is 12.6. The van der Waals surface area contributed by atoms with Crippen molar-refractivity contribution >= 4 is 40.8 Å². The third kappa shape index (κ3) is 5.30. The fraction of sp³-hybridized carbons (Fsp3) is 0.348. The van der Waals surface area contributed by atoms with Crippen LogP contribution >= 0.6 is 0 Å². The molecule has 1 saturated heterocycles. The smallest absolute Gasteiger partial charge is 0.303 e. The maximum Gasteiger partial charge on any atom is 0.303 e. The van der Waals surface area contributed by atoms with E-state index in [1.807, 2.05) is 0 Å². The Hall–Kier alpha value is -4.39. The van der Waals surface area contributed by atoms with Crippen LogP contribution in [0.25, 0.3) is 11.2 Å². The van der Waals surface area contributed by atoms with Crippen molar-refractivity contribution in [1.82, 2.24) is 19.5 Å². The monoisotopic (exact) mass is 497 g/mol. The molecule has 0 unspecified atom stereocenters. The van der Waals surface area contributed by atoms with Gasteiger partial charge in [-0.1, -0.05) is 18.2 Å². The van der Waals surface area contributed by atoms with Gasteiger partial charge in [-0.2, -0.15) is 0 Å². The minimum atomic E-state index is -1.11. The average Bonchev–Trinajstić information content (AvgIpc) is 3.40. The van der Waals surface area contributed by atoms with E-state index in [0.29, 0.717) is 5.56 Å². The molecule has 13 nitrogen and oxygen atoms in total. The topological polar surface area (TPSA) is 161 Å². The van der Waals surface area contributed by atoms with Crippen LogP contribution in [-0.4, -0.2) is 68.3 Å². The van der Waals surface area contributed by atoms with Crippen molar-refractivity contribution in [2.45, 2.75) is 45.3 Å². The van der Waals surface area contributed by atoms with Crippen molar-refractivity contribution in [2.75, 3.05) is 11.9 Å². The molecule has 13 heteroatoms. The molecular formula is C23H23N5O8. The van der Waals surface area contributed by atoms with Crippen LogP contribution in [0.5, 0.6) is 0 Å². The molecule has 36 heavy (non-hydrogen) atoms. The number of anilines is 1. The number of fused-ring (bicyclic) bond motifs is 1. The van der Waals surface area contributed by atoms with E-state index in [0.717, 1.165) is 0 Å². The zero-order valence-corrected chi connectivity index (χ0v) is 19.6. The first-order valence-electron chi connectivity index (χ1n) is 10.9. The average molecular weight is 497 g/mol. The van der Waals surface area contributed by atoms with E-state index in [1.165, 1.54) is 38.0 Å². The number of rotatable bonds is 7. The Morgan fingerprint density at radius 1 is 0.944 bits per heavy atom. The van der Waals surface area contributed by atoms with Gasteiger partial charge in [-0.15, -0.1) is 0 Å². The fourth-order valence-corrected chi connectivity index (χ4v) is 3.82. The predicted molar refractivity (Wildman–Crippen MR) is 121 cm³/mol.